The molecule has 0 aromatic heterocycles. The first-order chi connectivity index (χ1) is 11.3. The number of carbonyl (C=O) groups is 3. The summed E-state index contributed by atoms with van der Waals surface area (Å²) in [6.07, 6.45) is 9.83. The molecule has 0 amide bonds. The third kappa shape index (κ3) is 51.8. The molecule has 0 aromatic carbocycles. The summed E-state index contributed by atoms with van der Waals surface area (Å²) in [5.41, 5.74) is 0. The molecular weight excluding hydrogens is 343 g/mol. The van der Waals surface area contributed by atoms with E-state index in [9.17, 15) is 14.4 Å². The van der Waals surface area contributed by atoms with Gasteiger partial charge in [0.1, 0.15) is 0 Å². The highest BCUT2D eigenvalue weighted by Crippen LogP contribution is 1.98. The number of aliphatic carboxylic acids is 3. The third-order valence-corrected chi connectivity index (χ3v) is 2.98. The molecule has 1 atom stereocenters. The van der Waals surface area contributed by atoms with Crippen molar-refractivity contribution in [2.75, 3.05) is 0 Å². The molecule has 7 heteroatoms. The van der Waals surface area contributed by atoms with Crippen LogP contribution in [0.4, 0.5) is 0 Å². The summed E-state index contributed by atoms with van der Waals surface area (Å²) in [6.45, 7) is 6.17. The first kappa shape index (κ1) is 31.6. The Morgan fingerprint density at radius 1 is 0.520 bits per heavy atom. The van der Waals surface area contributed by atoms with Crippen molar-refractivity contribution in [1.82, 2.24) is 0 Å². The Labute approximate surface area is 156 Å². The second-order valence-corrected chi connectivity index (χ2v) is 5.55. The lowest BCUT2D eigenvalue weighted by Crippen LogP contribution is -1.92. The molecule has 0 heterocycles. The number of unbranched alkanes of at least 4 members (excludes halogenated alkanes) is 6. The van der Waals surface area contributed by atoms with Crippen molar-refractivity contribution in [3.63, 3.8) is 0 Å². The summed E-state index contributed by atoms with van der Waals surface area (Å²) in [7, 11) is 0. The first-order valence-corrected chi connectivity index (χ1v) is 8.97. The van der Waals surface area contributed by atoms with Crippen LogP contribution in [-0.2, 0) is 14.4 Å². The normalized spacial score (nSPS) is 8.76. The van der Waals surface area contributed by atoms with Crippen molar-refractivity contribution in [2.45, 2.75) is 97.8 Å². The van der Waals surface area contributed by atoms with Crippen LogP contribution in [0, 0.1) is 0 Å². The van der Waals surface area contributed by atoms with Gasteiger partial charge in [-0.15, -0.1) is 0 Å². The standard InChI is InChI=1S/3C6H12O2.H3P/c3*1-2-3-4-5-6(7)8;/h3*2-5H2,1H3,(H,7,8);1H3. The number of carboxylic acids is 3. The Balaban J connectivity index is -0.000000130. The number of rotatable bonds is 12. The van der Waals surface area contributed by atoms with Gasteiger partial charge in [-0.25, -0.2) is 0 Å². The van der Waals surface area contributed by atoms with Crippen LogP contribution in [0.25, 0.3) is 0 Å². The van der Waals surface area contributed by atoms with E-state index >= 15 is 0 Å². The van der Waals surface area contributed by atoms with Crippen molar-refractivity contribution in [2.24, 2.45) is 0 Å². The SMILES string of the molecule is CCCCCC(=O)O.CCCCCC(=O)O.CCCCCC(=O)O.P. The quantitative estimate of drug-likeness (QED) is 0.323. The highest BCUT2D eigenvalue weighted by atomic mass is 31.0. The second-order valence-electron chi connectivity index (χ2n) is 5.55. The zero-order valence-electron chi connectivity index (χ0n) is 16.3. The van der Waals surface area contributed by atoms with Gasteiger partial charge in [0.15, 0.2) is 0 Å². The van der Waals surface area contributed by atoms with Crippen molar-refractivity contribution in [1.29, 1.82) is 0 Å². The van der Waals surface area contributed by atoms with Crippen LogP contribution >= 0.6 is 9.90 Å². The molecule has 1 unspecified atom stereocenters. The first-order valence-electron chi connectivity index (χ1n) is 8.97. The molecule has 0 bridgehead atoms. The van der Waals surface area contributed by atoms with E-state index in [1.165, 1.54) is 0 Å². The fourth-order valence-corrected chi connectivity index (χ4v) is 1.58. The third-order valence-electron chi connectivity index (χ3n) is 2.98. The van der Waals surface area contributed by atoms with E-state index in [1.807, 2.05) is 0 Å². The number of hydrogen-bond acceptors (Lipinski definition) is 3. The van der Waals surface area contributed by atoms with E-state index in [1.54, 1.807) is 0 Å². The van der Waals surface area contributed by atoms with Gasteiger partial charge in [-0.3, -0.25) is 14.4 Å². The molecule has 0 saturated heterocycles. The fourth-order valence-electron chi connectivity index (χ4n) is 1.58. The maximum absolute atomic E-state index is 9.87. The van der Waals surface area contributed by atoms with Gasteiger partial charge in [-0.2, -0.15) is 9.90 Å². The van der Waals surface area contributed by atoms with E-state index in [0.29, 0.717) is 19.3 Å². The van der Waals surface area contributed by atoms with Gasteiger partial charge in [0.05, 0.1) is 0 Å². The van der Waals surface area contributed by atoms with Gasteiger partial charge < -0.3 is 15.3 Å². The van der Waals surface area contributed by atoms with E-state index in [0.717, 1.165) is 57.8 Å². The molecule has 6 nitrogen and oxygen atoms in total. The summed E-state index contributed by atoms with van der Waals surface area (Å²) in [6, 6.07) is 0. The lowest BCUT2D eigenvalue weighted by Gasteiger charge is -1.89. The van der Waals surface area contributed by atoms with Gasteiger partial charge in [0.25, 0.3) is 0 Å². The monoisotopic (exact) mass is 382 g/mol. The van der Waals surface area contributed by atoms with Gasteiger partial charge in [0.2, 0.25) is 0 Å². The summed E-state index contributed by atoms with van der Waals surface area (Å²) in [5.74, 6) is -2.05. The minimum Gasteiger partial charge on any atom is -0.481 e. The lowest BCUT2D eigenvalue weighted by molar-refractivity contribution is -0.138. The van der Waals surface area contributed by atoms with Crippen molar-refractivity contribution in [3.05, 3.63) is 0 Å². The maximum Gasteiger partial charge on any atom is 0.303 e. The minimum atomic E-state index is -0.682. The van der Waals surface area contributed by atoms with E-state index in [4.69, 9.17) is 15.3 Å². The maximum atomic E-state index is 9.87. The second kappa shape index (κ2) is 27.7. The largest absolute Gasteiger partial charge is 0.481 e. The van der Waals surface area contributed by atoms with Crippen molar-refractivity contribution >= 4 is 27.8 Å². The summed E-state index contributed by atoms with van der Waals surface area (Å²) < 4.78 is 0. The Morgan fingerprint density at radius 3 is 0.840 bits per heavy atom. The van der Waals surface area contributed by atoms with Crippen LogP contribution in [0.1, 0.15) is 97.8 Å². The summed E-state index contributed by atoms with van der Waals surface area (Å²) in [4.78, 5) is 29.6. The molecule has 3 N–H and O–H groups in total. The van der Waals surface area contributed by atoms with Crippen LogP contribution in [0.2, 0.25) is 0 Å². The minimum absolute atomic E-state index is 0. The Bertz CT molecular complexity index is 260. The summed E-state index contributed by atoms with van der Waals surface area (Å²) >= 11 is 0. The average Bonchev–Trinajstić information content (AvgIpc) is 2.48. The van der Waals surface area contributed by atoms with Crippen molar-refractivity contribution < 1.29 is 29.7 Å². The molecule has 0 saturated carbocycles. The smallest absolute Gasteiger partial charge is 0.303 e. The molecule has 0 rings (SSSR count). The molecule has 25 heavy (non-hydrogen) atoms. The molecule has 0 aromatic rings. The van der Waals surface area contributed by atoms with Crippen LogP contribution < -0.4 is 0 Å². The van der Waals surface area contributed by atoms with Crippen LogP contribution in [0.15, 0.2) is 0 Å². The topological polar surface area (TPSA) is 112 Å². The molecule has 0 aliphatic rings. The summed E-state index contributed by atoms with van der Waals surface area (Å²) in [5, 5.41) is 24.4. The molecule has 0 fully saturated rings. The molecule has 0 spiro atoms. The Kier molecular flexibility index (Phi) is 35.0. The van der Waals surface area contributed by atoms with Crippen LogP contribution in [0.5, 0.6) is 0 Å². The zero-order valence-corrected chi connectivity index (χ0v) is 17.7. The lowest BCUT2D eigenvalue weighted by atomic mass is 10.2. The molecule has 0 aliphatic carbocycles. The van der Waals surface area contributed by atoms with E-state index in [2.05, 4.69) is 20.8 Å². The molecular formula is C18H39O6P. The highest BCUT2D eigenvalue weighted by Gasteiger charge is 1.94. The number of hydrogen-bond donors (Lipinski definition) is 3. The molecule has 0 aliphatic heterocycles. The predicted octanol–water partition coefficient (Wildman–Crippen LogP) is 5.01. The van der Waals surface area contributed by atoms with Crippen molar-refractivity contribution in [3.8, 4) is 0 Å². The molecule has 0 radical (unpaired) electrons. The van der Waals surface area contributed by atoms with Gasteiger partial charge >= 0.3 is 17.9 Å². The van der Waals surface area contributed by atoms with Gasteiger partial charge in [-0.05, 0) is 19.3 Å². The van der Waals surface area contributed by atoms with E-state index in [-0.39, 0.29) is 9.90 Å². The van der Waals surface area contributed by atoms with Gasteiger partial charge in [-0.1, -0.05) is 59.3 Å². The number of carboxylic acid groups (broad SMARTS) is 3. The predicted molar refractivity (Wildman–Crippen MR) is 106 cm³/mol. The van der Waals surface area contributed by atoms with Crippen LogP contribution in [-0.4, -0.2) is 33.2 Å². The van der Waals surface area contributed by atoms with Gasteiger partial charge in [0, 0.05) is 19.3 Å². The van der Waals surface area contributed by atoms with E-state index < -0.39 is 17.9 Å². The highest BCUT2D eigenvalue weighted by molar-refractivity contribution is 6.92. The molecule has 152 valence electrons. The average molecular weight is 382 g/mol. The Hall–Kier alpha value is -1.16. The Morgan fingerprint density at radius 2 is 0.720 bits per heavy atom. The zero-order chi connectivity index (χ0) is 19.2. The fraction of sp³-hybridized carbons (Fsp3) is 0.833. The van der Waals surface area contributed by atoms with Crippen LogP contribution in [0.3, 0.4) is 0 Å².